The molecule has 0 radical (unpaired) electrons. The first-order valence-corrected chi connectivity index (χ1v) is 7.72. The lowest BCUT2D eigenvalue weighted by molar-refractivity contribution is 0.261. The zero-order valence-electron chi connectivity index (χ0n) is 13.9. The van der Waals surface area contributed by atoms with Crippen LogP contribution < -0.4 is 15.4 Å². The molecule has 0 fully saturated rings. The van der Waals surface area contributed by atoms with Crippen LogP contribution in [0.4, 0.5) is 16.5 Å². The topological polar surface area (TPSA) is 89.3 Å². The van der Waals surface area contributed by atoms with E-state index in [1.54, 1.807) is 7.11 Å². The summed E-state index contributed by atoms with van der Waals surface area (Å²) in [6, 6.07) is 14.6. The molecule has 3 aromatic rings. The molecule has 0 aliphatic carbocycles. The van der Waals surface area contributed by atoms with Gasteiger partial charge in [0.2, 0.25) is 5.89 Å². The molecule has 0 unspecified atom stereocenters. The Balaban J connectivity index is 1.57. The molecule has 1 heterocycles. The minimum Gasteiger partial charge on any atom is -0.497 e. The normalized spacial score (nSPS) is 10.3. The van der Waals surface area contributed by atoms with Crippen LogP contribution in [0.3, 0.4) is 0 Å². The fourth-order valence-corrected chi connectivity index (χ4v) is 2.19. The van der Waals surface area contributed by atoms with Crippen molar-refractivity contribution in [1.82, 2.24) is 10.2 Å². The van der Waals surface area contributed by atoms with E-state index in [2.05, 4.69) is 20.8 Å². The third kappa shape index (κ3) is 4.57. The summed E-state index contributed by atoms with van der Waals surface area (Å²) in [6.45, 7) is 1.98. The maximum absolute atomic E-state index is 11.9. The number of amides is 2. The number of methoxy groups -OCH3 is 1. The van der Waals surface area contributed by atoms with Gasteiger partial charge in [-0.05, 0) is 36.8 Å². The first kappa shape index (κ1) is 16.5. The minimum atomic E-state index is -0.441. The van der Waals surface area contributed by atoms with Crippen molar-refractivity contribution in [3.8, 4) is 5.75 Å². The summed E-state index contributed by atoms with van der Waals surface area (Å²) in [4.78, 5) is 11.9. The van der Waals surface area contributed by atoms with E-state index in [4.69, 9.17) is 9.15 Å². The summed E-state index contributed by atoms with van der Waals surface area (Å²) in [5.41, 5.74) is 2.80. The van der Waals surface area contributed by atoms with Crippen LogP contribution in [0.2, 0.25) is 0 Å². The Morgan fingerprint density at radius 3 is 2.44 bits per heavy atom. The smallest absolute Gasteiger partial charge is 0.327 e. The number of rotatable bonds is 5. The van der Waals surface area contributed by atoms with Gasteiger partial charge in [0.25, 0.3) is 0 Å². The molecule has 0 bridgehead atoms. The monoisotopic (exact) mass is 338 g/mol. The van der Waals surface area contributed by atoms with Crippen LogP contribution in [-0.4, -0.2) is 23.3 Å². The second-order valence-electron chi connectivity index (χ2n) is 5.47. The molecule has 0 spiro atoms. The van der Waals surface area contributed by atoms with Crippen molar-refractivity contribution >= 4 is 17.7 Å². The third-order valence-electron chi connectivity index (χ3n) is 3.51. The van der Waals surface area contributed by atoms with Crippen molar-refractivity contribution in [2.24, 2.45) is 0 Å². The summed E-state index contributed by atoms with van der Waals surface area (Å²) in [6.07, 6.45) is 0.470. The quantitative estimate of drug-likeness (QED) is 0.741. The average molecular weight is 338 g/mol. The molecule has 0 aliphatic heterocycles. The van der Waals surface area contributed by atoms with E-state index in [-0.39, 0.29) is 6.01 Å². The Morgan fingerprint density at radius 2 is 1.76 bits per heavy atom. The van der Waals surface area contributed by atoms with Gasteiger partial charge in [-0.1, -0.05) is 34.9 Å². The molecule has 25 heavy (non-hydrogen) atoms. The Bertz CT molecular complexity index is 842. The Hall–Kier alpha value is -3.35. The highest BCUT2D eigenvalue weighted by molar-refractivity contribution is 5.98. The van der Waals surface area contributed by atoms with Crippen molar-refractivity contribution in [1.29, 1.82) is 0 Å². The second-order valence-corrected chi connectivity index (χ2v) is 5.47. The lowest BCUT2D eigenvalue weighted by Gasteiger charge is -2.04. The van der Waals surface area contributed by atoms with Crippen LogP contribution in [0.1, 0.15) is 17.0 Å². The number of carbonyl (C=O) groups excluding carboxylic acids is 1. The number of benzene rings is 2. The van der Waals surface area contributed by atoms with Crippen molar-refractivity contribution in [2.45, 2.75) is 13.3 Å². The number of hydrogen-bond donors (Lipinski definition) is 2. The highest BCUT2D eigenvalue weighted by Crippen LogP contribution is 2.16. The molecule has 0 saturated carbocycles. The SMILES string of the molecule is COc1ccc(Cc2nnc(NC(=O)Nc3ccc(C)cc3)o2)cc1. The van der Waals surface area contributed by atoms with Gasteiger partial charge in [-0.15, -0.1) is 5.10 Å². The number of nitrogens with one attached hydrogen (secondary N) is 2. The predicted octanol–water partition coefficient (Wildman–Crippen LogP) is 3.62. The Morgan fingerprint density at radius 1 is 1.04 bits per heavy atom. The van der Waals surface area contributed by atoms with Crippen LogP contribution in [-0.2, 0) is 6.42 Å². The van der Waals surface area contributed by atoms with Gasteiger partial charge >= 0.3 is 12.0 Å². The molecule has 0 saturated heterocycles. The van der Waals surface area contributed by atoms with Crippen LogP contribution in [0, 0.1) is 6.92 Å². The standard InChI is InChI=1S/C18H18N4O3/c1-12-3-7-14(8-4-12)19-17(23)20-18-22-21-16(25-18)11-13-5-9-15(24-2)10-6-13/h3-10H,11H2,1-2H3,(H2,19,20,22,23). The van der Waals surface area contributed by atoms with Crippen LogP contribution >= 0.6 is 0 Å². The van der Waals surface area contributed by atoms with Gasteiger partial charge in [0.15, 0.2) is 0 Å². The Kier molecular flexibility index (Phi) is 4.94. The molecule has 0 atom stereocenters. The first-order valence-electron chi connectivity index (χ1n) is 7.72. The molecule has 1 aromatic heterocycles. The van der Waals surface area contributed by atoms with E-state index in [1.807, 2.05) is 55.5 Å². The molecule has 2 N–H and O–H groups in total. The number of carbonyl (C=O) groups is 1. The van der Waals surface area contributed by atoms with Crippen molar-refractivity contribution < 1.29 is 13.9 Å². The molecule has 2 amide bonds. The van der Waals surface area contributed by atoms with Gasteiger partial charge in [0, 0.05) is 5.69 Å². The van der Waals surface area contributed by atoms with Gasteiger partial charge in [0.05, 0.1) is 13.5 Å². The third-order valence-corrected chi connectivity index (χ3v) is 3.51. The largest absolute Gasteiger partial charge is 0.497 e. The van der Waals surface area contributed by atoms with E-state index in [0.717, 1.165) is 16.9 Å². The summed E-state index contributed by atoms with van der Waals surface area (Å²) < 4.78 is 10.6. The van der Waals surface area contributed by atoms with Gasteiger partial charge < -0.3 is 14.5 Å². The van der Waals surface area contributed by atoms with Gasteiger partial charge in [-0.3, -0.25) is 5.32 Å². The van der Waals surface area contributed by atoms with E-state index < -0.39 is 6.03 Å². The molecule has 3 rings (SSSR count). The maximum Gasteiger partial charge on any atom is 0.327 e. The van der Waals surface area contributed by atoms with Crippen LogP contribution in [0.5, 0.6) is 5.75 Å². The average Bonchev–Trinajstić information content (AvgIpc) is 3.04. The fourth-order valence-electron chi connectivity index (χ4n) is 2.19. The van der Waals surface area contributed by atoms with Gasteiger partial charge in [-0.25, -0.2) is 4.79 Å². The van der Waals surface area contributed by atoms with Crippen molar-refractivity contribution in [3.05, 3.63) is 65.5 Å². The highest BCUT2D eigenvalue weighted by atomic mass is 16.5. The summed E-state index contributed by atoms with van der Waals surface area (Å²) in [7, 11) is 1.62. The second kappa shape index (κ2) is 7.48. The van der Waals surface area contributed by atoms with Crippen LogP contribution in [0.25, 0.3) is 0 Å². The molecule has 7 nitrogen and oxygen atoms in total. The van der Waals surface area contributed by atoms with Crippen molar-refractivity contribution in [2.75, 3.05) is 17.7 Å². The van der Waals surface area contributed by atoms with E-state index >= 15 is 0 Å². The number of hydrogen-bond acceptors (Lipinski definition) is 5. The summed E-state index contributed by atoms with van der Waals surface area (Å²) >= 11 is 0. The number of ether oxygens (including phenoxy) is 1. The highest BCUT2D eigenvalue weighted by Gasteiger charge is 2.10. The van der Waals surface area contributed by atoms with Crippen LogP contribution in [0.15, 0.2) is 52.9 Å². The number of anilines is 2. The number of aromatic nitrogens is 2. The fraction of sp³-hybridized carbons (Fsp3) is 0.167. The lowest BCUT2D eigenvalue weighted by atomic mass is 10.1. The van der Waals surface area contributed by atoms with Gasteiger partial charge in [-0.2, -0.15) is 0 Å². The summed E-state index contributed by atoms with van der Waals surface area (Å²) in [5, 5.41) is 13.0. The number of aryl methyl sites for hydroxylation is 1. The van der Waals surface area contributed by atoms with E-state index in [0.29, 0.717) is 18.0 Å². The molecular weight excluding hydrogens is 320 g/mol. The molecule has 128 valence electrons. The van der Waals surface area contributed by atoms with Gasteiger partial charge in [0.1, 0.15) is 5.75 Å². The molecule has 2 aromatic carbocycles. The lowest BCUT2D eigenvalue weighted by Crippen LogP contribution is -2.19. The summed E-state index contributed by atoms with van der Waals surface area (Å²) in [5.74, 6) is 1.19. The number of nitrogens with zero attached hydrogens (tertiary/aromatic N) is 2. The Labute approximate surface area is 145 Å². The maximum atomic E-state index is 11.9. The zero-order chi connectivity index (χ0) is 17.6. The first-order chi connectivity index (χ1) is 12.1. The zero-order valence-corrected chi connectivity index (χ0v) is 13.9. The minimum absolute atomic E-state index is 0.0492. The molecule has 0 aliphatic rings. The number of urea groups is 1. The van der Waals surface area contributed by atoms with E-state index in [1.165, 1.54) is 0 Å². The predicted molar refractivity (Wildman–Crippen MR) is 93.9 cm³/mol. The molecular formula is C18H18N4O3. The van der Waals surface area contributed by atoms with Crippen molar-refractivity contribution in [3.63, 3.8) is 0 Å². The molecule has 7 heteroatoms. The van der Waals surface area contributed by atoms with E-state index in [9.17, 15) is 4.79 Å².